The van der Waals surface area contributed by atoms with E-state index < -0.39 is 0 Å². The van der Waals surface area contributed by atoms with E-state index in [0.29, 0.717) is 112 Å². The molecule has 0 aromatic heterocycles. The van der Waals surface area contributed by atoms with Gasteiger partial charge in [0.05, 0.1) is 94.0 Å². The van der Waals surface area contributed by atoms with Gasteiger partial charge in [-0.1, -0.05) is 224 Å². The number of nitrogens with zero attached hydrogens (tertiary/aromatic N) is 20. The smallest absolute Gasteiger partial charge is 0.155 e. The summed E-state index contributed by atoms with van der Waals surface area (Å²) < 4.78 is 0. The number of hydrogen-bond donors (Lipinski definition) is 8. The van der Waals surface area contributed by atoms with Crippen molar-refractivity contribution in [1.29, 1.82) is 106 Å². The van der Waals surface area contributed by atoms with Gasteiger partial charge in [-0.3, -0.25) is 21.6 Å². The normalized spacial score (nSPS) is 10.7. The van der Waals surface area contributed by atoms with E-state index in [4.69, 9.17) is 140 Å². The molecule has 4 heterocycles. The van der Waals surface area contributed by atoms with Gasteiger partial charge in [0.1, 0.15) is 120 Å². The molecule has 4 aliphatic rings. The number of nitrogens with two attached hydrogens (primary N) is 4. The van der Waals surface area contributed by atoms with Crippen LogP contribution < -0.4 is 22.9 Å². The number of aryl methyl sites for hydroxylation is 5. The van der Waals surface area contributed by atoms with E-state index in [1.165, 1.54) is 0 Å². The molecule has 0 saturated carbocycles. The fourth-order valence-corrected chi connectivity index (χ4v) is 15.2. The van der Waals surface area contributed by atoms with Gasteiger partial charge in [0.25, 0.3) is 0 Å². The average Bonchev–Trinajstić information content (AvgIpc) is 1.64. The molecule has 28 nitrogen and oxygen atoms in total. The van der Waals surface area contributed by atoms with Gasteiger partial charge in [-0.2, -0.15) is 84.2 Å². The van der Waals surface area contributed by atoms with E-state index in [1.807, 2.05) is 332 Å². The molecule has 17 aromatic rings. The van der Waals surface area contributed by atoms with Crippen LogP contribution >= 0.6 is 11.6 Å². The Bertz CT molecular complexity index is 8460. The van der Waals surface area contributed by atoms with Crippen molar-refractivity contribution >= 4 is 112 Å². The van der Waals surface area contributed by atoms with Gasteiger partial charge in [0.15, 0.2) is 23.3 Å². The summed E-state index contributed by atoms with van der Waals surface area (Å²) >= 11 is 5.63. The number of amidine groups is 8. The molecule has 0 spiro atoms. The molecule has 17 aromatic carbocycles. The van der Waals surface area contributed by atoms with Crippen LogP contribution in [0.4, 0.5) is 0 Å². The lowest BCUT2D eigenvalue weighted by atomic mass is 9.98. The van der Waals surface area contributed by atoms with Gasteiger partial charge >= 0.3 is 0 Å². The average molecular weight is 1960 g/mol. The standard InChI is InChI=1S/2C12H9N3.3C12H6N2.C10H11N3.C10H8N2.C9H6N2.C8H3ClN2.C8H7N3.2C8H4N2/c2*13-11-9-5-7-3-1-2-4-8(7)6-10(9)12(14)15-11;3*13-7-11-5-9-3-1-2-4-10(9)6-12(11)8-14;1-5-3-4-6(2)8-7(5)9(11)13-10(8)12;1-7-3-4-8(2)10(6-12)9(7)5-11;1-7-3-2-4-8(5-10)9(7)6-11;9-8-3-1-2-6(4-10)7(8)5-11;9-7-5-3-1-2-4-6(5)8(10)11-7;2*9-5-7-3-1-2-4-8(7)6-10/h2*1-6H,(H3,13,14,15);3*1-6H;3-4H,1-2H3,(H3,11,12,13);3-4H,1-2H3;2-4H,1H3;1-3H;1-4H,(H3,9,10,11);2*1-4H. The van der Waals surface area contributed by atoms with Gasteiger partial charge in [-0.25, -0.2) is 20.0 Å². The monoisotopic (exact) mass is 1960 g/mol. The maximum Gasteiger partial charge on any atom is 0.155 e. The second kappa shape index (κ2) is 52.7. The van der Waals surface area contributed by atoms with Crippen LogP contribution in [0.3, 0.4) is 0 Å². The van der Waals surface area contributed by atoms with Crippen LogP contribution in [-0.2, 0) is 0 Å². The SMILES string of the molecule is Cc1ccc(C)c(C#N)c1C#N.Cc1ccc(C)c2c1C(=N)N=C2N.Cc1cccc(C#N)c1C#N.N#Cc1cc2ccccc2cc1C#N.N#Cc1cc2ccccc2cc1C#N.N#Cc1cc2ccccc2cc1C#N.N#Cc1cccc(Cl)c1C#N.N#Cc1ccccc1C#N.N#Cc1ccccc1C#N.N=C1N=C(N)c2cc3ccccc3cc21.N=C1N=C(N)c2cc3ccccc3cc21.N=C1N=C(N)c2ccccc21. The van der Waals surface area contributed by atoms with Gasteiger partial charge in [-0.15, -0.1) is 0 Å². The zero-order chi connectivity index (χ0) is 109. The molecular weight excluding hydrogens is 1880 g/mol. The maximum absolute atomic E-state index is 8.81. The lowest BCUT2D eigenvalue weighted by molar-refractivity contribution is 1.30. The van der Waals surface area contributed by atoms with Crippen LogP contribution in [0.15, 0.2) is 335 Å². The molecule has 0 aliphatic carbocycles. The van der Waals surface area contributed by atoms with E-state index in [9.17, 15) is 0 Å². The Balaban J connectivity index is 0.000000168. The van der Waals surface area contributed by atoms with Crippen molar-refractivity contribution in [3.05, 3.63) is 482 Å². The lowest BCUT2D eigenvalue weighted by Crippen LogP contribution is -2.12. The predicted octanol–water partition coefficient (Wildman–Crippen LogP) is 22.3. The summed E-state index contributed by atoms with van der Waals surface area (Å²) in [4.78, 5) is 15.7. The van der Waals surface area contributed by atoms with Crippen molar-refractivity contribution in [2.75, 3.05) is 0 Å². The third-order valence-electron chi connectivity index (χ3n) is 22.6. The first-order chi connectivity index (χ1) is 72.5. The van der Waals surface area contributed by atoms with E-state index in [0.717, 1.165) is 126 Å². The molecular formula is C121H79ClN28. The highest BCUT2D eigenvalue weighted by Crippen LogP contribution is 2.30. The fraction of sp³-hybridized carbons (Fsp3) is 0.0413. The summed E-state index contributed by atoms with van der Waals surface area (Å²) in [6, 6.07) is 128. The second-order valence-corrected chi connectivity index (χ2v) is 32.5. The number of hydrogen-bond acceptors (Lipinski definition) is 24. The lowest BCUT2D eigenvalue weighted by Gasteiger charge is -2.06. The van der Waals surface area contributed by atoms with Crippen molar-refractivity contribution in [3.8, 4) is 97.1 Å². The zero-order valence-corrected chi connectivity index (χ0v) is 81.4. The molecule has 0 saturated heterocycles. The Hall–Kier alpha value is -23.3. The first-order valence-electron chi connectivity index (χ1n) is 44.7. The van der Waals surface area contributed by atoms with Crippen molar-refractivity contribution in [3.63, 3.8) is 0 Å². The second-order valence-electron chi connectivity index (χ2n) is 32.1. The van der Waals surface area contributed by atoms with Crippen LogP contribution in [0.25, 0.3) is 53.9 Å². The van der Waals surface area contributed by atoms with Crippen molar-refractivity contribution in [2.24, 2.45) is 42.9 Å². The number of fused-ring (bicyclic) bond motifs is 9. The van der Waals surface area contributed by atoms with Crippen LogP contribution in [0.1, 0.15) is 161 Å². The number of nitriles is 16. The highest BCUT2D eigenvalue weighted by atomic mass is 35.5. The van der Waals surface area contributed by atoms with Crippen molar-refractivity contribution < 1.29 is 0 Å². The van der Waals surface area contributed by atoms with Gasteiger partial charge < -0.3 is 22.9 Å². The minimum Gasteiger partial charge on any atom is -0.383 e. The molecule has 4 aliphatic heterocycles. The van der Waals surface area contributed by atoms with E-state index in [2.05, 4.69) is 20.0 Å². The van der Waals surface area contributed by atoms with Gasteiger partial charge in [-0.05, 0) is 219 Å². The van der Waals surface area contributed by atoms with Crippen molar-refractivity contribution in [2.45, 2.75) is 34.6 Å². The van der Waals surface area contributed by atoms with Crippen molar-refractivity contribution in [1.82, 2.24) is 0 Å². The van der Waals surface area contributed by atoms with Gasteiger partial charge in [0.2, 0.25) is 0 Å². The number of nitrogens with one attached hydrogen (secondary N) is 4. The van der Waals surface area contributed by atoms with Crippen LogP contribution in [0.5, 0.6) is 0 Å². The summed E-state index contributed by atoms with van der Waals surface area (Å²) in [5.41, 5.74) is 41.2. The van der Waals surface area contributed by atoms with Gasteiger partial charge in [0, 0.05) is 44.5 Å². The third kappa shape index (κ3) is 26.8. The summed E-state index contributed by atoms with van der Waals surface area (Å²) in [5.74, 6) is 2.88. The third-order valence-corrected chi connectivity index (χ3v) is 23.0. The van der Waals surface area contributed by atoms with E-state index in [-0.39, 0.29) is 28.9 Å². The predicted molar refractivity (Wildman–Crippen MR) is 579 cm³/mol. The topological polar surface area (TPSA) is 630 Å². The first-order valence-corrected chi connectivity index (χ1v) is 45.0. The summed E-state index contributed by atoms with van der Waals surface area (Å²) in [6.07, 6.45) is 0. The summed E-state index contributed by atoms with van der Waals surface area (Å²) in [6.45, 7) is 9.44. The number of rotatable bonds is 0. The molecule has 0 fully saturated rings. The molecule has 12 N–H and O–H groups in total. The zero-order valence-electron chi connectivity index (χ0n) is 80.7. The molecule has 21 rings (SSSR count). The fourth-order valence-electron chi connectivity index (χ4n) is 15.0. The molecule has 0 bridgehead atoms. The largest absolute Gasteiger partial charge is 0.383 e. The Morgan fingerprint density at radius 3 is 0.680 bits per heavy atom. The van der Waals surface area contributed by atoms with E-state index >= 15 is 0 Å². The molecule has 0 unspecified atom stereocenters. The number of halogens is 1. The Morgan fingerprint density at radius 1 is 0.187 bits per heavy atom. The first kappa shape index (κ1) is 109. The molecule has 0 atom stereocenters. The van der Waals surface area contributed by atoms with Crippen LogP contribution in [-0.4, -0.2) is 46.7 Å². The summed E-state index contributed by atoms with van der Waals surface area (Å²) in [5, 5.41) is 180. The van der Waals surface area contributed by atoms with Crippen LogP contribution in [0, 0.1) is 238 Å². The molecule has 0 radical (unpaired) electrons. The number of aliphatic imine (C=N–C) groups is 4. The van der Waals surface area contributed by atoms with E-state index in [1.54, 1.807) is 115 Å². The summed E-state index contributed by atoms with van der Waals surface area (Å²) in [7, 11) is 0. The molecule has 150 heavy (non-hydrogen) atoms. The minimum atomic E-state index is 0.247. The minimum absolute atomic E-state index is 0.247. The Kier molecular flexibility index (Phi) is 38.2. The molecule has 29 heteroatoms. The Morgan fingerprint density at radius 2 is 0.407 bits per heavy atom. The molecule has 0 amide bonds. The quantitative estimate of drug-likeness (QED) is 0.0699. The highest BCUT2D eigenvalue weighted by molar-refractivity contribution is 6.32. The Labute approximate surface area is 868 Å². The van der Waals surface area contributed by atoms with Crippen LogP contribution in [0.2, 0.25) is 5.02 Å². The molecule has 710 valence electrons. The number of benzene rings is 17. The maximum atomic E-state index is 8.81. The highest BCUT2D eigenvalue weighted by Gasteiger charge is 2.24.